The zero-order valence-electron chi connectivity index (χ0n) is 8.60. The summed E-state index contributed by atoms with van der Waals surface area (Å²) in [5, 5.41) is 11.5. The minimum absolute atomic E-state index is 0.108. The van der Waals surface area contributed by atoms with E-state index in [0.717, 1.165) is 36.8 Å². The van der Waals surface area contributed by atoms with Crippen molar-refractivity contribution in [3.05, 3.63) is 34.5 Å². The van der Waals surface area contributed by atoms with Gasteiger partial charge >= 0.3 is 0 Å². The quantitative estimate of drug-likeness (QED) is 0.690. The highest BCUT2D eigenvalue weighted by atomic mass is 16.1. The summed E-state index contributed by atoms with van der Waals surface area (Å²) in [5.74, 6) is 1.75. The first-order valence-corrected chi connectivity index (χ1v) is 5.16. The molecule has 2 aromatic heterocycles. The highest BCUT2D eigenvalue weighted by Crippen LogP contribution is 2.17. The molecule has 0 saturated carbocycles. The van der Waals surface area contributed by atoms with E-state index in [1.165, 1.54) is 6.07 Å². The Morgan fingerprint density at radius 3 is 3.06 bits per heavy atom. The highest BCUT2D eigenvalue weighted by Gasteiger charge is 2.16. The fourth-order valence-electron chi connectivity index (χ4n) is 1.86. The van der Waals surface area contributed by atoms with Crippen LogP contribution in [-0.4, -0.2) is 26.3 Å². The third-order valence-electron chi connectivity index (χ3n) is 2.67. The molecule has 1 aliphatic rings. The molecular weight excluding hydrogens is 206 g/mol. The lowest BCUT2D eigenvalue weighted by atomic mass is 10.2. The third kappa shape index (κ3) is 1.43. The molecule has 16 heavy (non-hydrogen) atoms. The molecule has 2 N–H and O–H groups in total. The van der Waals surface area contributed by atoms with Crippen LogP contribution in [0.5, 0.6) is 0 Å². The number of fused-ring (bicyclic) bond motifs is 1. The Bertz CT molecular complexity index is 550. The fraction of sp³-hybridized carbons (Fsp3) is 0.300. The van der Waals surface area contributed by atoms with Crippen LogP contribution in [0.3, 0.4) is 0 Å². The first kappa shape index (κ1) is 9.29. The molecule has 0 unspecified atom stereocenters. The maximum atomic E-state index is 11.0. The van der Waals surface area contributed by atoms with Gasteiger partial charge in [-0.2, -0.15) is 0 Å². The summed E-state index contributed by atoms with van der Waals surface area (Å²) in [6, 6.07) is 3.26. The number of nitrogens with zero attached hydrogens (tertiary/aromatic N) is 3. The van der Waals surface area contributed by atoms with Crippen molar-refractivity contribution < 1.29 is 0 Å². The molecule has 0 aromatic carbocycles. The van der Waals surface area contributed by atoms with E-state index in [2.05, 4.69) is 25.1 Å². The summed E-state index contributed by atoms with van der Waals surface area (Å²) < 4.78 is 2.07. The maximum Gasteiger partial charge on any atom is 0.247 e. The van der Waals surface area contributed by atoms with Gasteiger partial charge in [0.2, 0.25) is 5.56 Å². The third-order valence-corrected chi connectivity index (χ3v) is 2.67. The van der Waals surface area contributed by atoms with Gasteiger partial charge in [-0.25, -0.2) is 0 Å². The summed E-state index contributed by atoms with van der Waals surface area (Å²) >= 11 is 0. The standard InChI is InChI=1S/C10H11N5O/c16-9-2-1-7(5-12-9)10-14-13-8-6-11-3-4-15(8)10/h1-2,5,11H,3-4,6H2,(H,12,16). The number of aromatic amines is 1. The molecule has 82 valence electrons. The molecule has 0 aliphatic carbocycles. The number of H-pyrrole nitrogens is 1. The van der Waals surface area contributed by atoms with Crippen molar-refractivity contribution in [1.82, 2.24) is 25.1 Å². The van der Waals surface area contributed by atoms with Crippen LogP contribution in [0, 0.1) is 0 Å². The van der Waals surface area contributed by atoms with Crippen LogP contribution in [0.25, 0.3) is 11.4 Å². The van der Waals surface area contributed by atoms with E-state index in [9.17, 15) is 4.79 Å². The van der Waals surface area contributed by atoms with Gasteiger partial charge in [0.15, 0.2) is 5.82 Å². The Morgan fingerprint density at radius 1 is 1.31 bits per heavy atom. The van der Waals surface area contributed by atoms with E-state index in [1.807, 2.05) is 0 Å². The minimum Gasteiger partial charge on any atom is -0.328 e. The summed E-state index contributed by atoms with van der Waals surface area (Å²) in [4.78, 5) is 13.6. The second-order valence-corrected chi connectivity index (χ2v) is 3.71. The monoisotopic (exact) mass is 217 g/mol. The predicted octanol–water partition coefficient (Wildman–Crippen LogP) is -0.263. The van der Waals surface area contributed by atoms with Gasteiger partial charge in [-0.1, -0.05) is 0 Å². The van der Waals surface area contributed by atoms with Crippen molar-refractivity contribution in [1.29, 1.82) is 0 Å². The number of aromatic nitrogens is 4. The van der Waals surface area contributed by atoms with Crippen molar-refractivity contribution in [2.75, 3.05) is 6.54 Å². The molecule has 0 fully saturated rings. The van der Waals surface area contributed by atoms with Gasteiger partial charge in [0.1, 0.15) is 5.82 Å². The van der Waals surface area contributed by atoms with Gasteiger partial charge in [0.05, 0.1) is 6.54 Å². The Balaban J connectivity index is 2.09. The molecule has 0 amide bonds. The largest absolute Gasteiger partial charge is 0.328 e. The van der Waals surface area contributed by atoms with E-state index >= 15 is 0 Å². The molecule has 0 saturated heterocycles. The van der Waals surface area contributed by atoms with Crippen molar-refractivity contribution in [2.24, 2.45) is 0 Å². The summed E-state index contributed by atoms with van der Waals surface area (Å²) in [7, 11) is 0. The van der Waals surface area contributed by atoms with Gasteiger partial charge in [-0.3, -0.25) is 4.79 Å². The van der Waals surface area contributed by atoms with Crippen LogP contribution >= 0.6 is 0 Å². The lowest BCUT2D eigenvalue weighted by Gasteiger charge is -2.15. The first-order chi connectivity index (χ1) is 7.84. The van der Waals surface area contributed by atoms with E-state index in [0.29, 0.717) is 0 Å². The Hall–Kier alpha value is -1.95. The number of hydrogen-bond acceptors (Lipinski definition) is 4. The SMILES string of the molecule is O=c1ccc(-c2nnc3n2CCNC3)c[nH]1. The Kier molecular flexibility index (Phi) is 2.07. The molecular formula is C10H11N5O. The molecule has 3 heterocycles. The van der Waals surface area contributed by atoms with Gasteiger partial charge in [-0.15, -0.1) is 10.2 Å². The second-order valence-electron chi connectivity index (χ2n) is 3.71. The van der Waals surface area contributed by atoms with Crippen LogP contribution in [0.4, 0.5) is 0 Å². The fourth-order valence-corrected chi connectivity index (χ4v) is 1.86. The van der Waals surface area contributed by atoms with E-state index in [4.69, 9.17) is 0 Å². The Labute approximate surface area is 91.3 Å². The van der Waals surface area contributed by atoms with Gasteiger partial charge in [-0.05, 0) is 6.07 Å². The predicted molar refractivity (Wildman–Crippen MR) is 57.8 cm³/mol. The highest BCUT2D eigenvalue weighted by molar-refractivity contribution is 5.53. The number of nitrogens with one attached hydrogen (secondary N) is 2. The Morgan fingerprint density at radius 2 is 2.25 bits per heavy atom. The molecule has 0 radical (unpaired) electrons. The normalized spacial score (nSPS) is 14.8. The minimum atomic E-state index is -0.108. The van der Waals surface area contributed by atoms with Crippen molar-refractivity contribution >= 4 is 0 Å². The number of rotatable bonds is 1. The molecule has 6 nitrogen and oxygen atoms in total. The molecule has 6 heteroatoms. The van der Waals surface area contributed by atoms with Gasteiger partial charge < -0.3 is 14.9 Å². The second kappa shape index (κ2) is 3.57. The first-order valence-electron chi connectivity index (χ1n) is 5.16. The smallest absolute Gasteiger partial charge is 0.247 e. The number of hydrogen-bond donors (Lipinski definition) is 2. The molecule has 3 rings (SSSR count). The molecule has 1 aliphatic heterocycles. The summed E-state index contributed by atoms with van der Waals surface area (Å²) in [6.07, 6.45) is 1.67. The average Bonchev–Trinajstić information content (AvgIpc) is 2.74. The summed E-state index contributed by atoms with van der Waals surface area (Å²) in [5.41, 5.74) is 0.782. The van der Waals surface area contributed by atoms with Crippen molar-refractivity contribution in [2.45, 2.75) is 13.1 Å². The molecule has 0 atom stereocenters. The zero-order chi connectivity index (χ0) is 11.0. The lowest BCUT2D eigenvalue weighted by molar-refractivity contribution is 0.508. The van der Waals surface area contributed by atoms with Crippen molar-refractivity contribution in [3.8, 4) is 11.4 Å². The molecule has 0 bridgehead atoms. The lowest BCUT2D eigenvalue weighted by Crippen LogP contribution is -2.28. The average molecular weight is 217 g/mol. The molecule has 2 aromatic rings. The van der Waals surface area contributed by atoms with Crippen LogP contribution < -0.4 is 10.9 Å². The van der Waals surface area contributed by atoms with Crippen LogP contribution in [0.15, 0.2) is 23.1 Å². The van der Waals surface area contributed by atoms with Gasteiger partial charge in [0.25, 0.3) is 0 Å². The van der Waals surface area contributed by atoms with E-state index in [1.54, 1.807) is 12.3 Å². The zero-order valence-corrected chi connectivity index (χ0v) is 8.60. The summed E-state index contributed by atoms with van der Waals surface area (Å²) in [6.45, 7) is 2.52. The van der Waals surface area contributed by atoms with E-state index < -0.39 is 0 Å². The topological polar surface area (TPSA) is 75.6 Å². The van der Waals surface area contributed by atoms with Crippen LogP contribution in [0.1, 0.15) is 5.82 Å². The van der Waals surface area contributed by atoms with Crippen LogP contribution in [0.2, 0.25) is 0 Å². The number of pyridine rings is 1. The molecule has 0 spiro atoms. The van der Waals surface area contributed by atoms with Crippen LogP contribution in [-0.2, 0) is 13.1 Å². The maximum absolute atomic E-state index is 11.0. The van der Waals surface area contributed by atoms with Gasteiger partial charge in [0, 0.05) is 30.9 Å². The van der Waals surface area contributed by atoms with E-state index in [-0.39, 0.29) is 5.56 Å². The van der Waals surface area contributed by atoms with Crippen molar-refractivity contribution in [3.63, 3.8) is 0 Å².